The van der Waals surface area contributed by atoms with Gasteiger partial charge in [-0.3, -0.25) is 0 Å². The number of aliphatic hydroxyl groups is 1. The van der Waals surface area contributed by atoms with Crippen molar-refractivity contribution in [2.45, 2.75) is 25.7 Å². The Balaban J connectivity index is 2.41. The highest BCUT2D eigenvalue weighted by atomic mass is 16.6. The number of rotatable bonds is 3. The molecule has 0 fully saturated rings. The SMILES string of the molecule is O=[N+](O)c1cccc(C2=C(CO)CCCC2)c1. The third-order valence-corrected chi connectivity index (χ3v) is 3.19. The molecule has 2 rings (SSSR count). The highest BCUT2D eigenvalue weighted by Gasteiger charge is 2.17. The van der Waals surface area contributed by atoms with Crippen LogP contribution in [0.15, 0.2) is 29.8 Å². The number of allylic oxidation sites excluding steroid dienone is 1. The van der Waals surface area contributed by atoms with Gasteiger partial charge in [0.1, 0.15) is 0 Å². The molecule has 17 heavy (non-hydrogen) atoms. The second-order valence-corrected chi connectivity index (χ2v) is 4.27. The molecule has 0 aromatic heterocycles. The van der Waals surface area contributed by atoms with Gasteiger partial charge < -0.3 is 5.11 Å². The molecular formula is C13H16NO3+. The second-order valence-electron chi connectivity index (χ2n) is 4.27. The predicted octanol–water partition coefficient (Wildman–Crippen LogP) is 2.81. The van der Waals surface area contributed by atoms with Crippen LogP contribution in [0.4, 0.5) is 5.69 Å². The number of nitrogens with zero attached hydrogens (tertiary/aromatic N) is 1. The van der Waals surface area contributed by atoms with E-state index in [1.54, 1.807) is 18.2 Å². The summed E-state index contributed by atoms with van der Waals surface area (Å²) in [5.41, 5.74) is 3.30. The van der Waals surface area contributed by atoms with Gasteiger partial charge >= 0.3 is 5.69 Å². The Hall–Kier alpha value is -1.68. The van der Waals surface area contributed by atoms with Gasteiger partial charge in [-0.05, 0) is 42.4 Å². The Bertz CT molecular complexity index is 465. The fraction of sp³-hybridized carbons (Fsp3) is 0.385. The first-order chi connectivity index (χ1) is 8.22. The molecule has 0 heterocycles. The summed E-state index contributed by atoms with van der Waals surface area (Å²) in [6.45, 7) is 0.0692. The monoisotopic (exact) mass is 234 g/mol. The van der Waals surface area contributed by atoms with Gasteiger partial charge in [-0.2, -0.15) is 0 Å². The Kier molecular flexibility index (Phi) is 3.54. The van der Waals surface area contributed by atoms with Crippen molar-refractivity contribution in [3.05, 3.63) is 40.3 Å². The average Bonchev–Trinajstić information content (AvgIpc) is 2.39. The molecule has 1 aromatic rings. The van der Waals surface area contributed by atoms with Crippen LogP contribution in [-0.2, 0) is 0 Å². The van der Waals surface area contributed by atoms with E-state index in [2.05, 4.69) is 0 Å². The Morgan fingerprint density at radius 3 is 2.71 bits per heavy atom. The van der Waals surface area contributed by atoms with Gasteiger partial charge in [0.25, 0.3) is 4.92 Å². The standard InChI is InChI=1S/C13H16NO3/c15-9-11-4-1-2-7-13(11)10-5-3-6-12(8-10)14(16)17/h3,5-6,8,15H,1-2,4,7,9H2,(H,16,17)/q+1. The van der Waals surface area contributed by atoms with E-state index < -0.39 is 0 Å². The summed E-state index contributed by atoms with van der Waals surface area (Å²) in [5, 5.41) is 18.2. The minimum absolute atomic E-state index is 0.0692. The molecule has 0 amide bonds. The zero-order valence-electron chi connectivity index (χ0n) is 9.59. The smallest absolute Gasteiger partial charge is 0.317 e. The van der Waals surface area contributed by atoms with Crippen LogP contribution >= 0.6 is 0 Å². The van der Waals surface area contributed by atoms with Crippen molar-refractivity contribution in [1.82, 2.24) is 0 Å². The van der Waals surface area contributed by atoms with Crippen molar-refractivity contribution in [3.8, 4) is 0 Å². The third kappa shape index (κ3) is 2.53. The Labute approximate surface area is 99.7 Å². The lowest BCUT2D eigenvalue weighted by molar-refractivity contribution is -0.729. The molecule has 4 nitrogen and oxygen atoms in total. The summed E-state index contributed by atoms with van der Waals surface area (Å²) in [7, 11) is 0. The maximum absolute atomic E-state index is 10.8. The van der Waals surface area contributed by atoms with Crippen LogP contribution in [-0.4, -0.2) is 21.8 Å². The maximum atomic E-state index is 10.8. The molecule has 90 valence electrons. The van der Waals surface area contributed by atoms with E-state index in [-0.39, 0.29) is 17.2 Å². The molecular weight excluding hydrogens is 218 g/mol. The van der Waals surface area contributed by atoms with E-state index in [1.807, 2.05) is 6.07 Å². The number of benzene rings is 1. The largest absolute Gasteiger partial charge is 0.392 e. The molecule has 0 saturated heterocycles. The quantitative estimate of drug-likeness (QED) is 0.790. The predicted molar refractivity (Wildman–Crippen MR) is 64.0 cm³/mol. The summed E-state index contributed by atoms with van der Waals surface area (Å²) in [6, 6.07) is 6.85. The van der Waals surface area contributed by atoms with E-state index in [0.29, 0.717) is 0 Å². The molecule has 1 aliphatic rings. The highest BCUT2D eigenvalue weighted by Crippen LogP contribution is 2.33. The van der Waals surface area contributed by atoms with Crippen LogP contribution in [0.25, 0.3) is 5.57 Å². The minimum atomic E-state index is -0.133. The molecule has 0 spiro atoms. The summed E-state index contributed by atoms with van der Waals surface area (Å²) >= 11 is 0. The fourth-order valence-corrected chi connectivity index (χ4v) is 2.30. The highest BCUT2D eigenvalue weighted by molar-refractivity contribution is 5.71. The van der Waals surface area contributed by atoms with Crippen LogP contribution < -0.4 is 0 Å². The first-order valence-electron chi connectivity index (χ1n) is 5.80. The van der Waals surface area contributed by atoms with Crippen molar-refractivity contribution in [3.63, 3.8) is 0 Å². The second kappa shape index (κ2) is 5.10. The summed E-state index contributed by atoms with van der Waals surface area (Å²) in [5.74, 6) is 0. The van der Waals surface area contributed by atoms with Crippen molar-refractivity contribution >= 4 is 11.3 Å². The number of aliphatic hydroxyl groups excluding tert-OH is 1. The van der Waals surface area contributed by atoms with Crippen LogP contribution in [0.1, 0.15) is 31.2 Å². The van der Waals surface area contributed by atoms with E-state index in [1.165, 1.54) is 0 Å². The average molecular weight is 234 g/mol. The third-order valence-electron chi connectivity index (χ3n) is 3.19. The fourth-order valence-electron chi connectivity index (χ4n) is 2.30. The zero-order chi connectivity index (χ0) is 12.3. The first kappa shape index (κ1) is 11.8. The first-order valence-corrected chi connectivity index (χ1v) is 5.80. The summed E-state index contributed by atoms with van der Waals surface area (Å²) < 4.78 is 0. The zero-order valence-corrected chi connectivity index (χ0v) is 9.59. The van der Waals surface area contributed by atoms with Gasteiger partial charge in [-0.25, -0.2) is 5.21 Å². The summed E-state index contributed by atoms with van der Waals surface area (Å²) in [4.78, 5) is 10.7. The van der Waals surface area contributed by atoms with Gasteiger partial charge in [0.05, 0.1) is 11.5 Å². The van der Waals surface area contributed by atoms with E-state index in [9.17, 15) is 10.0 Å². The maximum Gasteiger partial charge on any atom is 0.317 e. The van der Waals surface area contributed by atoms with Crippen LogP contribution in [0.2, 0.25) is 0 Å². The van der Waals surface area contributed by atoms with Crippen molar-refractivity contribution < 1.29 is 15.2 Å². The molecule has 0 aliphatic heterocycles. The molecule has 4 heteroatoms. The lowest BCUT2D eigenvalue weighted by atomic mass is 9.87. The van der Waals surface area contributed by atoms with Crippen LogP contribution in [0, 0.1) is 4.91 Å². The van der Waals surface area contributed by atoms with Crippen LogP contribution in [0.3, 0.4) is 0 Å². The molecule has 0 unspecified atom stereocenters. The van der Waals surface area contributed by atoms with Crippen LogP contribution in [0.5, 0.6) is 0 Å². The summed E-state index contributed by atoms with van der Waals surface area (Å²) in [6.07, 6.45) is 4.04. The van der Waals surface area contributed by atoms with Crippen molar-refractivity contribution in [2.24, 2.45) is 0 Å². The Morgan fingerprint density at radius 2 is 2.00 bits per heavy atom. The molecule has 2 N–H and O–H groups in total. The number of hydrogen-bond acceptors (Lipinski definition) is 2. The normalized spacial score (nSPS) is 16.1. The molecule has 1 aliphatic carbocycles. The topological polar surface area (TPSA) is 60.5 Å². The van der Waals surface area contributed by atoms with E-state index in [0.717, 1.165) is 42.4 Å². The van der Waals surface area contributed by atoms with Gasteiger partial charge in [-0.15, -0.1) is 0 Å². The van der Waals surface area contributed by atoms with Gasteiger partial charge in [0.2, 0.25) is 0 Å². The molecule has 0 radical (unpaired) electrons. The van der Waals surface area contributed by atoms with E-state index >= 15 is 0 Å². The molecule has 0 saturated carbocycles. The van der Waals surface area contributed by atoms with Gasteiger partial charge in [0, 0.05) is 12.1 Å². The molecule has 1 aromatic carbocycles. The van der Waals surface area contributed by atoms with E-state index in [4.69, 9.17) is 5.21 Å². The number of hydrogen-bond donors (Lipinski definition) is 2. The van der Waals surface area contributed by atoms with Crippen molar-refractivity contribution in [1.29, 1.82) is 0 Å². The lowest BCUT2D eigenvalue weighted by Crippen LogP contribution is -2.03. The van der Waals surface area contributed by atoms with Crippen molar-refractivity contribution in [2.75, 3.05) is 6.61 Å². The van der Waals surface area contributed by atoms with Gasteiger partial charge in [0.15, 0.2) is 0 Å². The lowest BCUT2D eigenvalue weighted by Gasteiger charge is -2.19. The molecule has 0 bridgehead atoms. The Morgan fingerprint density at radius 1 is 1.24 bits per heavy atom. The molecule has 0 atom stereocenters. The van der Waals surface area contributed by atoms with Gasteiger partial charge in [-0.1, -0.05) is 12.1 Å². The minimum Gasteiger partial charge on any atom is -0.392 e.